The van der Waals surface area contributed by atoms with Gasteiger partial charge in [0.25, 0.3) is 0 Å². The van der Waals surface area contributed by atoms with E-state index in [9.17, 15) is 4.79 Å². The molecule has 4 heteroatoms. The van der Waals surface area contributed by atoms with E-state index in [1.807, 2.05) is 32.9 Å². The molecule has 1 atom stereocenters. The summed E-state index contributed by atoms with van der Waals surface area (Å²) in [5.41, 5.74) is 8.75. The highest BCUT2D eigenvalue weighted by Gasteiger charge is 2.23. The van der Waals surface area contributed by atoms with Gasteiger partial charge < -0.3 is 10.6 Å². The van der Waals surface area contributed by atoms with Crippen LogP contribution < -0.4 is 10.6 Å². The first-order valence-corrected chi connectivity index (χ1v) is 6.42. The molecule has 1 aromatic carbocycles. The van der Waals surface area contributed by atoms with Crippen LogP contribution in [0.4, 0.5) is 5.69 Å². The molecule has 98 valence electrons. The van der Waals surface area contributed by atoms with Crippen LogP contribution in [-0.4, -0.2) is 17.9 Å². The number of carbonyl (C=O) groups excluding carboxylic acids is 1. The van der Waals surface area contributed by atoms with Crippen molar-refractivity contribution in [2.75, 3.05) is 11.9 Å². The fourth-order valence-corrected chi connectivity index (χ4v) is 2.27. The SMILES string of the molecule is CCC(C(=O)N(C)c1cc(C)cc(C)c1)C(N)=S. The molecule has 3 nitrogen and oxygen atoms in total. The number of thiocarbonyl (C=S) groups is 1. The second-order valence-corrected chi connectivity index (χ2v) is 5.08. The normalized spacial score (nSPS) is 12.0. The van der Waals surface area contributed by atoms with Crippen molar-refractivity contribution in [1.29, 1.82) is 0 Å². The van der Waals surface area contributed by atoms with Crippen LogP contribution in [0, 0.1) is 19.8 Å². The van der Waals surface area contributed by atoms with Gasteiger partial charge in [0, 0.05) is 12.7 Å². The van der Waals surface area contributed by atoms with E-state index in [4.69, 9.17) is 18.0 Å². The Bertz CT molecular complexity index is 451. The number of carbonyl (C=O) groups is 1. The van der Waals surface area contributed by atoms with Crippen molar-refractivity contribution < 1.29 is 4.79 Å². The molecular formula is C14H20N2OS. The number of nitrogens with zero attached hydrogens (tertiary/aromatic N) is 1. The van der Waals surface area contributed by atoms with Crippen LogP contribution in [0.15, 0.2) is 18.2 Å². The molecule has 0 aromatic heterocycles. The summed E-state index contributed by atoms with van der Waals surface area (Å²) >= 11 is 4.94. The van der Waals surface area contributed by atoms with Gasteiger partial charge >= 0.3 is 0 Å². The van der Waals surface area contributed by atoms with E-state index in [0.29, 0.717) is 6.42 Å². The number of anilines is 1. The maximum atomic E-state index is 12.3. The van der Waals surface area contributed by atoms with Gasteiger partial charge in [-0.2, -0.15) is 0 Å². The summed E-state index contributed by atoms with van der Waals surface area (Å²) in [6.07, 6.45) is 0.628. The van der Waals surface area contributed by atoms with Gasteiger partial charge in [0.05, 0.1) is 10.9 Å². The molecule has 0 bridgehead atoms. The fraction of sp³-hybridized carbons (Fsp3) is 0.429. The predicted molar refractivity (Wildman–Crippen MR) is 79.9 cm³/mol. The van der Waals surface area contributed by atoms with Gasteiger partial charge in [0.1, 0.15) is 0 Å². The number of hydrogen-bond acceptors (Lipinski definition) is 2. The third-order valence-electron chi connectivity index (χ3n) is 2.97. The largest absolute Gasteiger partial charge is 0.393 e. The molecule has 0 saturated carbocycles. The molecular weight excluding hydrogens is 244 g/mol. The average molecular weight is 264 g/mol. The fourth-order valence-electron chi connectivity index (χ4n) is 2.00. The van der Waals surface area contributed by atoms with Crippen LogP contribution in [0.3, 0.4) is 0 Å². The van der Waals surface area contributed by atoms with Crippen LogP contribution in [0.1, 0.15) is 24.5 Å². The molecule has 18 heavy (non-hydrogen) atoms. The number of aryl methyl sites for hydroxylation is 2. The number of amides is 1. The topological polar surface area (TPSA) is 46.3 Å². The van der Waals surface area contributed by atoms with Gasteiger partial charge in [-0.25, -0.2) is 0 Å². The first kappa shape index (κ1) is 14.6. The van der Waals surface area contributed by atoms with E-state index in [1.54, 1.807) is 11.9 Å². The van der Waals surface area contributed by atoms with Crippen molar-refractivity contribution >= 4 is 28.8 Å². The van der Waals surface area contributed by atoms with E-state index >= 15 is 0 Å². The molecule has 1 amide bonds. The standard InChI is InChI=1S/C14H20N2OS/c1-5-12(13(15)18)14(17)16(4)11-7-9(2)6-10(3)8-11/h6-8,12H,5H2,1-4H3,(H2,15,18). The smallest absolute Gasteiger partial charge is 0.236 e. The van der Waals surface area contributed by atoms with Gasteiger partial charge in [-0.05, 0) is 43.5 Å². The molecule has 0 fully saturated rings. The summed E-state index contributed by atoms with van der Waals surface area (Å²) < 4.78 is 0. The predicted octanol–water partition coefficient (Wildman–Crippen LogP) is 2.58. The quantitative estimate of drug-likeness (QED) is 0.850. The first-order valence-electron chi connectivity index (χ1n) is 6.02. The van der Waals surface area contributed by atoms with Gasteiger partial charge in [0.15, 0.2) is 0 Å². The molecule has 0 aliphatic carbocycles. The molecule has 0 aliphatic heterocycles. The Hall–Kier alpha value is -1.42. The highest BCUT2D eigenvalue weighted by atomic mass is 32.1. The summed E-state index contributed by atoms with van der Waals surface area (Å²) in [5.74, 6) is -0.430. The lowest BCUT2D eigenvalue weighted by Crippen LogP contribution is -2.39. The zero-order valence-corrected chi connectivity index (χ0v) is 12.2. The molecule has 0 heterocycles. The Balaban J connectivity index is 3.02. The second-order valence-electron chi connectivity index (χ2n) is 4.61. The summed E-state index contributed by atoms with van der Waals surface area (Å²) in [7, 11) is 1.76. The Kier molecular flexibility index (Phi) is 4.84. The highest BCUT2D eigenvalue weighted by Crippen LogP contribution is 2.20. The molecule has 0 saturated heterocycles. The molecule has 0 radical (unpaired) electrons. The van der Waals surface area contributed by atoms with Crippen LogP contribution in [0.5, 0.6) is 0 Å². The van der Waals surface area contributed by atoms with Crippen LogP contribution in [0.2, 0.25) is 0 Å². The van der Waals surface area contributed by atoms with Crippen LogP contribution in [0.25, 0.3) is 0 Å². The van der Waals surface area contributed by atoms with Crippen molar-refractivity contribution in [3.63, 3.8) is 0 Å². The van der Waals surface area contributed by atoms with Crippen molar-refractivity contribution in [3.05, 3.63) is 29.3 Å². The average Bonchev–Trinajstić information content (AvgIpc) is 2.26. The number of hydrogen-bond donors (Lipinski definition) is 1. The van der Waals surface area contributed by atoms with Gasteiger partial charge in [-0.1, -0.05) is 25.2 Å². The molecule has 1 aromatic rings. The maximum Gasteiger partial charge on any atom is 0.236 e. The lowest BCUT2D eigenvalue weighted by Gasteiger charge is -2.23. The summed E-state index contributed by atoms with van der Waals surface area (Å²) in [4.78, 5) is 14.2. The van der Waals surface area contributed by atoms with E-state index in [-0.39, 0.29) is 16.8 Å². The summed E-state index contributed by atoms with van der Waals surface area (Å²) in [6.45, 7) is 5.94. The monoisotopic (exact) mass is 264 g/mol. The zero-order valence-electron chi connectivity index (χ0n) is 11.4. The summed E-state index contributed by atoms with van der Waals surface area (Å²) in [5, 5.41) is 0. The molecule has 0 spiro atoms. The van der Waals surface area contributed by atoms with E-state index in [2.05, 4.69) is 6.07 Å². The maximum absolute atomic E-state index is 12.3. The van der Waals surface area contributed by atoms with Crippen molar-refractivity contribution in [2.45, 2.75) is 27.2 Å². The third-order valence-corrected chi connectivity index (χ3v) is 3.26. The lowest BCUT2D eigenvalue weighted by molar-refractivity contribution is -0.120. The lowest BCUT2D eigenvalue weighted by atomic mass is 10.0. The Morgan fingerprint density at radius 3 is 2.22 bits per heavy atom. The third kappa shape index (κ3) is 3.29. The van der Waals surface area contributed by atoms with Crippen molar-refractivity contribution in [2.24, 2.45) is 11.7 Å². The van der Waals surface area contributed by atoms with E-state index in [0.717, 1.165) is 16.8 Å². The molecule has 1 unspecified atom stereocenters. The minimum Gasteiger partial charge on any atom is -0.393 e. The minimum atomic E-state index is -0.384. The van der Waals surface area contributed by atoms with E-state index in [1.165, 1.54) is 0 Å². The van der Waals surface area contributed by atoms with Crippen LogP contribution >= 0.6 is 12.2 Å². The number of nitrogens with two attached hydrogens (primary N) is 1. The van der Waals surface area contributed by atoms with E-state index < -0.39 is 0 Å². The van der Waals surface area contributed by atoms with Gasteiger partial charge in [-0.15, -0.1) is 0 Å². The number of rotatable bonds is 4. The Labute approximate surface area is 114 Å². The van der Waals surface area contributed by atoms with Crippen molar-refractivity contribution in [3.8, 4) is 0 Å². The Morgan fingerprint density at radius 2 is 1.83 bits per heavy atom. The molecule has 2 N–H and O–H groups in total. The van der Waals surface area contributed by atoms with Gasteiger partial charge in [0.2, 0.25) is 5.91 Å². The van der Waals surface area contributed by atoms with Gasteiger partial charge in [-0.3, -0.25) is 4.79 Å². The number of benzene rings is 1. The minimum absolute atomic E-state index is 0.0463. The van der Waals surface area contributed by atoms with Crippen molar-refractivity contribution in [1.82, 2.24) is 0 Å². The van der Waals surface area contributed by atoms with Crippen LogP contribution in [-0.2, 0) is 4.79 Å². The Morgan fingerprint density at radius 1 is 1.33 bits per heavy atom. The second kappa shape index (κ2) is 5.96. The highest BCUT2D eigenvalue weighted by molar-refractivity contribution is 7.80. The zero-order chi connectivity index (χ0) is 13.9. The molecule has 1 rings (SSSR count). The molecule has 0 aliphatic rings. The first-order chi connectivity index (χ1) is 8.36. The summed E-state index contributed by atoms with van der Waals surface area (Å²) in [6, 6.07) is 6.04.